The van der Waals surface area contributed by atoms with Crippen molar-refractivity contribution in [3.63, 3.8) is 0 Å². The molecule has 2 heterocycles. The average Bonchev–Trinajstić information content (AvgIpc) is 3.01. The smallest absolute Gasteiger partial charge is 0.187 e. The number of nitrogens with zero attached hydrogens (tertiary/aromatic N) is 3. The largest absolute Gasteiger partial charge is 0.312 e. The highest BCUT2D eigenvalue weighted by molar-refractivity contribution is 7.99. The predicted octanol–water partition coefficient (Wildman–Crippen LogP) is 4.60. The van der Waals surface area contributed by atoms with Crippen molar-refractivity contribution < 1.29 is 0 Å². The summed E-state index contributed by atoms with van der Waals surface area (Å²) in [7, 11) is 0. The molecule has 0 fully saturated rings. The zero-order chi connectivity index (χ0) is 15.3. The van der Waals surface area contributed by atoms with Gasteiger partial charge in [0.05, 0.1) is 12.1 Å². The van der Waals surface area contributed by atoms with Gasteiger partial charge in [0.2, 0.25) is 0 Å². The molecule has 0 radical (unpaired) electrons. The number of thioether (sulfide) groups is 1. The minimum Gasteiger partial charge on any atom is -0.312 e. The van der Waals surface area contributed by atoms with Crippen LogP contribution in [-0.2, 0) is 11.0 Å². The van der Waals surface area contributed by atoms with Crippen LogP contribution in [0.4, 0.5) is 5.69 Å². The summed E-state index contributed by atoms with van der Waals surface area (Å²) in [5, 5.41) is 1.09. The van der Waals surface area contributed by atoms with Crippen molar-refractivity contribution in [1.29, 1.82) is 0 Å². The molecule has 2 aromatic rings. The summed E-state index contributed by atoms with van der Waals surface area (Å²) in [6.45, 7) is 16.0. The molecule has 0 amide bonds. The van der Waals surface area contributed by atoms with Crippen LogP contribution in [0.2, 0.25) is 0 Å². The first-order valence-corrected chi connectivity index (χ1v) is 8.04. The van der Waals surface area contributed by atoms with Gasteiger partial charge in [-0.2, -0.15) is 0 Å². The first kappa shape index (κ1) is 14.2. The van der Waals surface area contributed by atoms with Gasteiger partial charge in [-0.1, -0.05) is 56.8 Å². The van der Waals surface area contributed by atoms with Crippen molar-refractivity contribution in [2.75, 3.05) is 5.75 Å². The van der Waals surface area contributed by atoms with E-state index < -0.39 is 0 Å². The van der Waals surface area contributed by atoms with E-state index in [0.717, 1.165) is 10.9 Å². The molecule has 1 atom stereocenters. The van der Waals surface area contributed by atoms with Gasteiger partial charge in [0.15, 0.2) is 10.8 Å². The first-order valence-electron chi connectivity index (χ1n) is 7.06. The first-order chi connectivity index (χ1) is 9.86. The highest BCUT2D eigenvalue weighted by Crippen LogP contribution is 2.45. The van der Waals surface area contributed by atoms with E-state index in [1.165, 1.54) is 11.3 Å². The molecule has 1 aromatic carbocycles. The fourth-order valence-electron chi connectivity index (χ4n) is 2.82. The molecule has 1 aliphatic heterocycles. The molecule has 1 unspecified atom stereocenters. The van der Waals surface area contributed by atoms with Crippen LogP contribution in [0.3, 0.4) is 0 Å². The van der Waals surface area contributed by atoms with Crippen LogP contribution < -0.4 is 0 Å². The van der Waals surface area contributed by atoms with Gasteiger partial charge < -0.3 is 4.57 Å². The SMILES string of the molecule is [C-]#[N+]c1ccc(C2(C)CSc3ncc(C(C)(C)C)n32)cc1. The second kappa shape index (κ2) is 4.64. The minimum absolute atomic E-state index is 0.0634. The Labute approximate surface area is 130 Å². The van der Waals surface area contributed by atoms with Crippen molar-refractivity contribution in [1.82, 2.24) is 9.55 Å². The van der Waals surface area contributed by atoms with Crippen molar-refractivity contribution in [3.05, 3.63) is 53.1 Å². The highest BCUT2D eigenvalue weighted by Gasteiger charge is 2.40. The monoisotopic (exact) mass is 297 g/mol. The number of aromatic nitrogens is 2. The normalized spacial score (nSPS) is 21.1. The highest BCUT2D eigenvalue weighted by atomic mass is 32.2. The number of imidazole rings is 1. The molecular weight excluding hydrogens is 278 g/mol. The van der Waals surface area contributed by atoms with Crippen LogP contribution in [0.5, 0.6) is 0 Å². The summed E-state index contributed by atoms with van der Waals surface area (Å²) in [5.74, 6) is 0.983. The third kappa shape index (κ3) is 2.16. The Bertz CT molecular complexity index is 716. The van der Waals surface area contributed by atoms with Crippen molar-refractivity contribution >= 4 is 17.4 Å². The Kier molecular flexibility index (Phi) is 3.14. The average molecular weight is 297 g/mol. The van der Waals surface area contributed by atoms with Crippen LogP contribution >= 0.6 is 11.8 Å². The molecule has 108 valence electrons. The van der Waals surface area contributed by atoms with Gasteiger partial charge in [-0.25, -0.2) is 9.83 Å². The van der Waals surface area contributed by atoms with Crippen LogP contribution in [0.15, 0.2) is 35.6 Å². The van der Waals surface area contributed by atoms with E-state index in [0.29, 0.717) is 5.69 Å². The van der Waals surface area contributed by atoms with E-state index in [4.69, 9.17) is 6.57 Å². The molecular formula is C17H19N3S. The maximum atomic E-state index is 7.09. The van der Waals surface area contributed by atoms with E-state index in [9.17, 15) is 0 Å². The van der Waals surface area contributed by atoms with E-state index in [2.05, 4.69) is 54.2 Å². The van der Waals surface area contributed by atoms with Gasteiger partial charge in [0, 0.05) is 23.1 Å². The summed E-state index contributed by atoms with van der Waals surface area (Å²) in [5.41, 5.74) is 3.16. The molecule has 21 heavy (non-hydrogen) atoms. The lowest BCUT2D eigenvalue weighted by molar-refractivity contribution is 0.385. The number of hydrogen-bond acceptors (Lipinski definition) is 2. The Hall–Kier alpha value is -1.73. The molecule has 0 bridgehead atoms. The Morgan fingerprint density at radius 2 is 1.95 bits per heavy atom. The fourth-order valence-corrected chi connectivity index (χ4v) is 4.08. The summed E-state index contributed by atoms with van der Waals surface area (Å²) in [4.78, 5) is 8.07. The third-order valence-electron chi connectivity index (χ3n) is 4.09. The standard InChI is InChI=1S/C17H19N3S/c1-16(2,3)14-10-19-15-20(14)17(4,11-21-15)12-6-8-13(18-5)9-7-12/h6-10H,11H2,1-4H3. The molecule has 1 aliphatic rings. The predicted molar refractivity (Wildman–Crippen MR) is 87.1 cm³/mol. The van der Waals surface area contributed by atoms with Gasteiger partial charge in [0.1, 0.15) is 0 Å². The molecule has 0 spiro atoms. The Balaban J connectivity index is 2.14. The van der Waals surface area contributed by atoms with Crippen molar-refractivity contribution in [3.8, 4) is 0 Å². The minimum atomic E-state index is -0.0975. The van der Waals surface area contributed by atoms with Gasteiger partial charge in [-0.15, -0.1) is 0 Å². The van der Waals surface area contributed by atoms with E-state index in [-0.39, 0.29) is 11.0 Å². The zero-order valence-corrected chi connectivity index (χ0v) is 13.7. The number of benzene rings is 1. The maximum absolute atomic E-state index is 7.09. The molecule has 0 N–H and O–H groups in total. The molecule has 0 aliphatic carbocycles. The van der Waals surface area contributed by atoms with E-state index >= 15 is 0 Å². The lowest BCUT2D eigenvalue weighted by Gasteiger charge is -2.32. The Morgan fingerprint density at radius 1 is 1.29 bits per heavy atom. The summed E-state index contributed by atoms with van der Waals surface area (Å²) < 4.78 is 2.38. The van der Waals surface area contributed by atoms with Crippen LogP contribution in [0.25, 0.3) is 4.85 Å². The molecule has 0 saturated heterocycles. The van der Waals surface area contributed by atoms with Crippen LogP contribution in [-0.4, -0.2) is 15.3 Å². The van der Waals surface area contributed by atoms with Crippen molar-refractivity contribution in [2.24, 2.45) is 0 Å². The summed E-state index contributed by atoms with van der Waals surface area (Å²) >= 11 is 1.81. The fraction of sp³-hybridized carbons (Fsp3) is 0.412. The maximum Gasteiger partial charge on any atom is 0.187 e. The number of rotatable bonds is 1. The van der Waals surface area contributed by atoms with Crippen LogP contribution in [0, 0.1) is 6.57 Å². The topological polar surface area (TPSA) is 22.2 Å². The number of hydrogen-bond donors (Lipinski definition) is 0. The van der Waals surface area contributed by atoms with Gasteiger partial charge >= 0.3 is 0 Å². The zero-order valence-electron chi connectivity index (χ0n) is 12.8. The van der Waals surface area contributed by atoms with Crippen LogP contribution in [0.1, 0.15) is 39.0 Å². The molecule has 1 aromatic heterocycles. The Morgan fingerprint density at radius 3 is 2.52 bits per heavy atom. The molecule has 3 nitrogen and oxygen atoms in total. The molecule has 0 saturated carbocycles. The summed E-state index contributed by atoms with van der Waals surface area (Å²) in [6.07, 6.45) is 2.01. The lowest BCUT2D eigenvalue weighted by Crippen LogP contribution is -2.34. The lowest BCUT2D eigenvalue weighted by atomic mass is 9.88. The third-order valence-corrected chi connectivity index (χ3v) is 5.34. The van der Waals surface area contributed by atoms with Gasteiger partial charge in [-0.05, 0) is 12.5 Å². The molecule has 4 heteroatoms. The van der Waals surface area contributed by atoms with Gasteiger partial charge in [0.25, 0.3) is 0 Å². The second-order valence-corrected chi connectivity index (χ2v) is 7.68. The summed E-state index contributed by atoms with van der Waals surface area (Å²) in [6, 6.07) is 7.97. The van der Waals surface area contributed by atoms with Crippen molar-refractivity contribution in [2.45, 2.75) is 43.8 Å². The molecule has 3 rings (SSSR count). The van der Waals surface area contributed by atoms with Gasteiger partial charge in [-0.3, -0.25) is 0 Å². The quantitative estimate of drug-likeness (QED) is 0.718. The second-order valence-electron chi connectivity index (χ2n) is 6.73. The van der Waals surface area contributed by atoms with E-state index in [1.807, 2.05) is 30.1 Å². The number of fused-ring (bicyclic) bond motifs is 1. The van der Waals surface area contributed by atoms with E-state index in [1.54, 1.807) is 0 Å².